The van der Waals surface area contributed by atoms with Crippen LogP contribution < -0.4 is 15.2 Å². The summed E-state index contributed by atoms with van der Waals surface area (Å²) < 4.78 is 13.1. The molecule has 0 saturated heterocycles. The number of halogens is 1. The molecule has 3 aromatic rings. The Labute approximate surface area is 201 Å². The van der Waals surface area contributed by atoms with Crippen LogP contribution in [0.3, 0.4) is 0 Å². The molecule has 3 rings (SSSR count). The summed E-state index contributed by atoms with van der Waals surface area (Å²) in [5.74, 6) is 1.01. The van der Waals surface area contributed by atoms with Gasteiger partial charge in [-0.3, -0.25) is 4.79 Å². The predicted octanol–water partition coefficient (Wildman–Crippen LogP) is 6.21. The van der Waals surface area contributed by atoms with Gasteiger partial charge in [0.1, 0.15) is 0 Å². The minimum absolute atomic E-state index is 0.404. The van der Waals surface area contributed by atoms with Gasteiger partial charge in [0.25, 0.3) is 5.91 Å². The van der Waals surface area contributed by atoms with Gasteiger partial charge in [0.2, 0.25) is 0 Å². The maximum Gasteiger partial charge on any atom is 0.251 e. The number of nitrogens with zero attached hydrogens (tertiary/aromatic N) is 1. The van der Waals surface area contributed by atoms with Gasteiger partial charge in [0, 0.05) is 28.5 Å². The van der Waals surface area contributed by atoms with E-state index in [1.54, 1.807) is 14.2 Å². The number of aryl methyl sites for hydroxylation is 1. The number of hydrogen-bond acceptors (Lipinski definition) is 3. The van der Waals surface area contributed by atoms with Crippen LogP contribution in [0.5, 0.6) is 11.5 Å². The highest BCUT2D eigenvalue weighted by Gasteiger charge is 2.24. The Kier molecular flexibility index (Phi) is 8.45. The highest BCUT2D eigenvalue weighted by molar-refractivity contribution is 6.30. The minimum atomic E-state index is -0.404. The summed E-state index contributed by atoms with van der Waals surface area (Å²) >= 11 is 6.13. The van der Waals surface area contributed by atoms with E-state index in [-0.39, 0.29) is 0 Å². The number of nitrogens with two attached hydrogens (primary N) is 1. The number of unbranched alkanes of at least 4 members (excludes halogenated alkanes) is 2. The van der Waals surface area contributed by atoms with Crippen molar-refractivity contribution in [2.75, 3.05) is 14.2 Å². The van der Waals surface area contributed by atoms with Crippen molar-refractivity contribution in [1.82, 2.24) is 4.57 Å². The lowest BCUT2D eigenvalue weighted by molar-refractivity contribution is 0.1000. The molecule has 0 unspecified atom stereocenters. The van der Waals surface area contributed by atoms with Crippen molar-refractivity contribution in [3.8, 4) is 22.6 Å². The summed E-state index contributed by atoms with van der Waals surface area (Å²) in [6.07, 6.45) is 4.98. The number of benzene rings is 2. The Morgan fingerprint density at radius 3 is 2.30 bits per heavy atom. The molecular formula is C27H33ClN2O3. The number of aromatic nitrogens is 1. The monoisotopic (exact) mass is 468 g/mol. The smallest absolute Gasteiger partial charge is 0.251 e. The molecule has 2 N–H and O–H groups in total. The van der Waals surface area contributed by atoms with Crippen LogP contribution in [0.4, 0.5) is 0 Å². The van der Waals surface area contributed by atoms with Gasteiger partial charge in [-0.1, -0.05) is 49.6 Å². The SMILES string of the molecule is CCCCCc1c(-c2ccc(Cl)cc2)c(C(N)=O)c(C)n1CCc1ccc(OC)c(OC)c1. The molecule has 5 nitrogen and oxygen atoms in total. The van der Waals surface area contributed by atoms with Gasteiger partial charge in [-0.05, 0) is 61.6 Å². The second-order valence-corrected chi connectivity index (χ2v) is 8.64. The lowest BCUT2D eigenvalue weighted by Gasteiger charge is -2.15. The quantitative estimate of drug-likeness (QED) is 0.340. The van der Waals surface area contributed by atoms with Crippen LogP contribution in [0.15, 0.2) is 42.5 Å². The van der Waals surface area contributed by atoms with Gasteiger partial charge in [0.15, 0.2) is 11.5 Å². The van der Waals surface area contributed by atoms with Crippen molar-refractivity contribution in [2.24, 2.45) is 5.73 Å². The molecule has 1 aromatic heterocycles. The third kappa shape index (κ3) is 5.53. The van der Waals surface area contributed by atoms with Crippen LogP contribution >= 0.6 is 11.6 Å². The van der Waals surface area contributed by atoms with Crippen LogP contribution in [-0.2, 0) is 19.4 Å². The molecule has 0 fully saturated rings. The van der Waals surface area contributed by atoms with E-state index in [4.69, 9.17) is 26.8 Å². The number of carbonyl (C=O) groups is 1. The van der Waals surface area contributed by atoms with Gasteiger partial charge < -0.3 is 19.8 Å². The second kappa shape index (κ2) is 11.3. The van der Waals surface area contributed by atoms with Gasteiger partial charge in [-0.15, -0.1) is 0 Å². The number of amides is 1. The van der Waals surface area contributed by atoms with Crippen LogP contribution in [-0.4, -0.2) is 24.7 Å². The third-order valence-electron chi connectivity index (χ3n) is 6.10. The van der Waals surface area contributed by atoms with E-state index in [2.05, 4.69) is 11.5 Å². The van der Waals surface area contributed by atoms with Crippen LogP contribution in [0.1, 0.15) is 53.5 Å². The molecule has 0 bridgehead atoms. The van der Waals surface area contributed by atoms with Crippen LogP contribution in [0.25, 0.3) is 11.1 Å². The Balaban J connectivity index is 2.05. The normalized spacial score (nSPS) is 10.9. The van der Waals surface area contributed by atoms with Crippen molar-refractivity contribution >= 4 is 17.5 Å². The van der Waals surface area contributed by atoms with Crippen molar-refractivity contribution in [3.63, 3.8) is 0 Å². The summed E-state index contributed by atoms with van der Waals surface area (Å²) in [4.78, 5) is 12.6. The topological polar surface area (TPSA) is 66.5 Å². The fraction of sp³-hybridized carbons (Fsp3) is 0.370. The average Bonchev–Trinajstić information content (AvgIpc) is 3.09. The number of methoxy groups -OCH3 is 2. The highest BCUT2D eigenvalue weighted by atomic mass is 35.5. The molecule has 0 aliphatic rings. The van der Waals surface area contributed by atoms with Crippen molar-refractivity contribution in [1.29, 1.82) is 0 Å². The van der Waals surface area contributed by atoms with Gasteiger partial charge in [0.05, 0.1) is 19.8 Å². The van der Waals surface area contributed by atoms with Crippen molar-refractivity contribution in [2.45, 2.75) is 52.5 Å². The molecule has 0 aliphatic carbocycles. The molecular weight excluding hydrogens is 436 g/mol. The van der Waals surface area contributed by atoms with E-state index in [0.29, 0.717) is 22.1 Å². The first-order valence-electron chi connectivity index (χ1n) is 11.4. The number of rotatable bonds is 11. The van der Waals surface area contributed by atoms with Crippen molar-refractivity contribution in [3.05, 3.63) is 70.0 Å². The lowest BCUT2D eigenvalue weighted by atomic mass is 9.97. The molecule has 1 amide bonds. The number of primary amides is 1. The molecule has 2 aromatic carbocycles. The molecule has 33 heavy (non-hydrogen) atoms. The molecule has 0 atom stereocenters. The van der Waals surface area contributed by atoms with E-state index in [1.165, 1.54) is 0 Å². The maximum absolute atomic E-state index is 12.6. The number of hydrogen-bond donors (Lipinski definition) is 1. The van der Waals surface area contributed by atoms with Crippen LogP contribution in [0, 0.1) is 6.92 Å². The van der Waals surface area contributed by atoms with Gasteiger partial charge >= 0.3 is 0 Å². The van der Waals surface area contributed by atoms with Gasteiger partial charge in [-0.2, -0.15) is 0 Å². The number of ether oxygens (including phenoxy) is 2. The molecule has 0 aliphatic heterocycles. The van der Waals surface area contributed by atoms with Crippen LogP contribution in [0.2, 0.25) is 5.02 Å². The molecule has 6 heteroatoms. The van der Waals surface area contributed by atoms with E-state index < -0.39 is 5.91 Å². The summed E-state index contributed by atoms with van der Waals surface area (Å²) in [6, 6.07) is 13.6. The fourth-order valence-electron chi connectivity index (χ4n) is 4.41. The Bertz CT molecular complexity index is 1100. The Morgan fingerprint density at radius 1 is 1.00 bits per heavy atom. The first-order valence-corrected chi connectivity index (χ1v) is 11.8. The molecule has 0 spiro atoms. The zero-order valence-corrected chi connectivity index (χ0v) is 20.7. The molecule has 0 radical (unpaired) electrons. The fourth-order valence-corrected chi connectivity index (χ4v) is 4.53. The average molecular weight is 469 g/mol. The van der Waals surface area contributed by atoms with E-state index in [9.17, 15) is 4.79 Å². The summed E-state index contributed by atoms with van der Waals surface area (Å²) in [7, 11) is 3.27. The standard InChI is InChI=1S/C27H33ClN2O3/c1-5-6-7-8-22-26(20-10-12-21(28)13-11-20)25(27(29)31)18(2)30(22)16-15-19-9-14-23(32-3)24(17-19)33-4/h9-14,17H,5-8,15-16H2,1-4H3,(H2,29,31). The van der Waals surface area contributed by atoms with E-state index in [0.717, 1.165) is 66.7 Å². The Hall–Kier alpha value is -2.92. The van der Waals surface area contributed by atoms with E-state index >= 15 is 0 Å². The first kappa shape index (κ1) is 24.7. The molecule has 176 valence electrons. The van der Waals surface area contributed by atoms with Gasteiger partial charge in [-0.25, -0.2) is 0 Å². The third-order valence-corrected chi connectivity index (χ3v) is 6.35. The summed E-state index contributed by atoms with van der Waals surface area (Å²) in [5, 5.41) is 0.663. The molecule has 0 saturated carbocycles. The lowest BCUT2D eigenvalue weighted by Crippen LogP contribution is -2.14. The maximum atomic E-state index is 12.6. The zero-order valence-electron chi connectivity index (χ0n) is 19.9. The minimum Gasteiger partial charge on any atom is -0.493 e. The second-order valence-electron chi connectivity index (χ2n) is 8.20. The number of carbonyl (C=O) groups excluding carboxylic acids is 1. The summed E-state index contributed by atoms with van der Waals surface area (Å²) in [5.41, 5.74) is 11.6. The predicted molar refractivity (Wildman–Crippen MR) is 135 cm³/mol. The van der Waals surface area contributed by atoms with Crippen molar-refractivity contribution < 1.29 is 14.3 Å². The Morgan fingerprint density at radius 2 is 1.70 bits per heavy atom. The zero-order chi connectivity index (χ0) is 24.0. The molecule has 1 heterocycles. The highest BCUT2D eigenvalue weighted by Crippen LogP contribution is 2.35. The first-order chi connectivity index (χ1) is 15.9. The summed E-state index contributed by atoms with van der Waals surface area (Å²) in [6.45, 7) is 4.91. The van der Waals surface area contributed by atoms with E-state index in [1.807, 2.05) is 49.4 Å². The largest absolute Gasteiger partial charge is 0.493 e.